The molecule has 2 unspecified atom stereocenters. The molecule has 5 heteroatoms. The van der Waals surface area contributed by atoms with Crippen molar-refractivity contribution >= 4 is 0 Å². The molecule has 0 saturated carbocycles. The molecule has 0 bridgehead atoms. The lowest BCUT2D eigenvalue weighted by molar-refractivity contribution is -0.116. The Labute approximate surface area is 206 Å². The lowest BCUT2D eigenvalue weighted by Gasteiger charge is -2.29. The summed E-state index contributed by atoms with van der Waals surface area (Å²) in [5, 5.41) is 0. The van der Waals surface area contributed by atoms with Crippen LogP contribution in [-0.2, 0) is 29.3 Å². The summed E-state index contributed by atoms with van der Waals surface area (Å²) in [6, 6.07) is 31.4. The smallest absolute Gasteiger partial charge is 0.223 e. The summed E-state index contributed by atoms with van der Waals surface area (Å²) >= 11 is 0. The molecule has 4 aromatic rings. The van der Waals surface area contributed by atoms with Crippen molar-refractivity contribution in [2.45, 2.75) is 46.0 Å². The van der Waals surface area contributed by atoms with Crippen LogP contribution in [0.1, 0.15) is 35.5 Å². The van der Waals surface area contributed by atoms with Gasteiger partial charge in [-0.05, 0) is 30.5 Å². The maximum absolute atomic E-state index is 12.7. The minimum atomic E-state index is -0.460. The molecule has 0 aliphatic rings. The van der Waals surface area contributed by atoms with Gasteiger partial charge in [-0.25, -0.2) is 0 Å². The van der Waals surface area contributed by atoms with Crippen LogP contribution >= 0.6 is 0 Å². The van der Waals surface area contributed by atoms with Crippen LogP contribution < -0.4 is 10.2 Å². The van der Waals surface area contributed by atoms with Gasteiger partial charge in [0, 0.05) is 12.3 Å². The van der Waals surface area contributed by atoms with Crippen LogP contribution in [0.3, 0.4) is 0 Å². The zero-order valence-electron chi connectivity index (χ0n) is 20.2. The van der Waals surface area contributed by atoms with Crippen LogP contribution in [0.15, 0.2) is 108 Å². The van der Waals surface area contributed by atoms with Crippen molar-refractivity contribution in [2.75, 3.05) is 0 Å². The fraction of sp³-hybridized carbons (Fsp3) is 0.233. The highest BCUT2D eigenvalue weighted by molar-refractivity contribution is 5.28. The van der Waals surface area contributed by atoms with Crippen LogP contribution in [0.25, 0.3) is 0 Å². The van der Waals surface area contributed by atoms with Crippen molar-refractivity contribution in [1.29, 1.82) is 0 Å². The largest absolute Gasteiger partial charge is 0.483 e. The van der Waals surface area contributed by atoms with E-state index in [1.165, 1.54) is 6.07 Å². The van der Waals surface area contributed by atoms with Gasteiger partial charge in [0.25, 0.3) is 0 Å². The van der Waals surface area contributed by atoms with Gasteiger partial charge in [0.15, 0.2) is 12.0 Å². The van der Waals surface area contributed by atoms with E-state index in [0.29, 0.717) is 31.3 Å². The zero-order valence-corrected chi connectivity index (χ0v) is 20.2. The number of rotatable bonds is 11. The predicted molar refractivity (Wildman–Crippen MR) is 137 cm³/mol. The van der Waals surface area contributed by atoms with Crippen molar-refractivity contribution in [1.82, 2.24) is 4.57 Å². The van der Waals surface area contributed by atoms with E-state index in [0.717, 1.165) is 16.7 Å². The molecule has 0 radical (unpaired) electrons. The Kier molecular flexibility index (Phi) is 8.49. The minimum absolute atomic E-state index is 0.158. The first kappa shape index (κ1) is 24.5. The Morgan fingerprint density at radius 3 is 1.71 bits per heavy atom. The molecule has 0 saturated heterocycles. The molecule has 1 heterocycles. The number of benzene rings is 3. The average molecular weight is 470 g/mol. The molecule has 0 amide bonds. The number of pyridine rings is 1. The third-order valence-corrected chi connectivity index (χ3v) is 5.85. The Morgan fingerprint density at radius 2 is 1.17 bits per heavy atom. The van der Waals surface area contributed by atoms with E-state index >= 15 is 0 Å². The summed E-state index contributed by atoms with van der Waals surface area (Å²) in [7, 11) is 0. The van der Waals surface area contributed by atoms with E-state index in [4.69, 9.17) is 14.2 Å². The van der Waals surface area contributed by atoms with Crippen LogP contribution in [-0.4, -0.2) is 10.7 Å². The van der Waals surface area contributed by atoms with Crippen LogP contribution in [0.5, 0.6) is 5.75 Å². The van der Waals surface area contributed by atoms with Gasteiger partial charge in [-0.1, -0.05) is 91.0 Å². The van der Waals surface area contributed by atoms with Gasteiger partial charge in [0.2, 0.25) is 5.43 Å². The molecule has 0 fully saturated rings. The predicted octanol–water partition coefficient (Wildman–Crippen LogP) is 6.06. The average Bonchev–Trinajstić information content (AvgIpc) is 2.90. The normalized spacial score (nSPS) is 12.7. The summed E-state index contributed by atoms with van der Waals surface area (Å²) in [6.07, 6.45) is 1.01. The Balaban J connectivity index is 1.57. The highest BCUT2D eigenvalue weighted by atomic mass is 16.5. The van der Waals surface area contributed by atoms with Gasteiger partial charge in [-0.3, -0.25) is 4.79 Å². The molecule has 3 aromatic carbocycles. The molecule has 0 spiro atoms. The quantitative estimate of drug-likeness (QED) is 0.268. The minimum Gasteiger partial charge on any atom is -0.483 e. The van der Waals surface area contributed by atoms with Gasteiger partial charge >= 0.3 is 0 Å². The molecule has 35 heavy (non-hydrogen) atoms. The number of hydrogen-bond donors (Lipinski definition) is 0. The Bertz CT molecular complexity index is 1240. The van der Waals surface area contributed by atoms with Crippen LogP contribution in [0.2, 0.25) is 0 Å². The van der Waals surface area contributed by atoms with Crippen molar-refractivity contribution < 1.29 is 14.2 Å². The highest BCUT2D eigenvalue weighted by Crippen LogP contribution is 2.25. The third kappa shape index (κ3) is 6.69. The van der Waals surface area contributed by atoms with E-state index in [1.54, 1.807) is 6.20 Å². The summed E-state index contributed by atoms with van der Waals surface area (Å²) < 4.78 is 20.5. The summed E-state index contributed by atoms with van der Waals surface area (Å²) in [6.45, 7) is 5.06. The number of hydrogen-bond acceptors (Lipinski definition) is 4. The fourth-order valence-corrected chi connectivity index (χ4v) is 3.89. The standard InChI is InChI=1S/C30H31NO4/c1-23-29(34-21-26-14-8-4-9-15-26)28(32)18-19-31(23)30(35-22-27-16-10-5-11-17-27)24(2)33-20-25-12-6-3-7-13-25/h3-19,24,30H,20-22H2,1-2H3. The van der Waals surface area contributed by atoms with Gasteiger partial charge in [0.05, 0.1) is 18.9 Å². The van der Waals surface area contributed by atoms with Crippen molar-refractivity contribution in [3.63, 3.8) is 0 Å². The van der Waals surface area contributed by atoms with Crippen LogP contribution in [0, 0.1) is 6.92 Å². The van der Waals surface area contributed by atoms with E-state index < -0.39 is 6.23 Å². The molecular weight excluding hydrogens is 438 g/mol. The van der Waals surface area contributed by atoms with Crippen molar-refractivity contribution in [3.05, 3.63) is 136 Å². The molecule has 1 aromatic heterocycles. The molecular formula is C30H31NO4. The molecule has 5 nitrogen and oxygen atoms in total. The third-order valence-electron chi connectivity index (χ3n) is 5.85. The summed E-state index contributed by atoms with van der Waals surface area (Å²) in [5.74, 6) is 0.319. The molecule has 0 aliphatic carbocycles. The van der Waals surface area contributed by atoms with Gasteiger partial charge in [0.1, 0.15) is 12.7 Å². The Morgan fingerprint density at radius 1 is 0.686 bits per heavy atom. The fourth-order valence-electron chi connectivity index (χ4n) is 3.89. The summed E-state index contributed by atoms with van der Waals surface area (Å²) in [5.41, 5.74) is 3.69. The number of ether oxygens (including phenoxy) is 3. The highest BCUT2D eigenvalue weighted by Gasteiger charge is 2.24. The van der Waals surface area contributed by atoms with Gasteiger partial charge in [-0.15, -0.1) is 0 Å². The maximum Gasteiger partial charge on any atom is 0.223 e. The second-order valence-corrected chi connectivity index (χ2v) is 8.46. The van der Waals surface area contributed by atoms with Gasteiger partial charge < -0.3 is 18.8 Å². The maximum atomic E-state index is 12.7. The number of aromatic nitrogens is 1. The van der Waals surface area contributed by atoms with Gasteiger partial charge in [-0.2, -0.15) is 0 Å². The SMILES string of the molecule is Cc1c(OCc2ccccc2)c(=O)ccn1C(OCc1ccccc1)C(C)OCc1ccccc1. The summed E-state index contributed by atoms with van der Waals surface area (Å²) in [4.78, 5) is 12.7. The first-order valence-electron chi connectivity index (χ1n) is 11.8. The lowest BCUT2D eigenvalue weighted by atomic mass is 10.2. The topological polar surface area (TPSA) is 49.7 Å². The molecule has 180 valence electrons. The second kappa shape index (κ2) is 12.2. The van der Waals surface area contributed by atoms with E-state index in [1.807, 2.05) is 109 Å². The van der Waals surface area contributed by atoms with E-state index in [9.17, 15) is 4.79 Å². The molecule has 0 aliphatic heterocycles. The molecule has 0 N–H and O–H groups in total. The first-order chi connectivity index (χ1) is 17.1. The number of nitrogens with zero attached hydrogens (tertiary/aromatic N) is 1. The molecule has 4 rings (SSSR count). The van der Waals surface area contributed by atoms with Crippen LogP contribution in [0.4, 0.5) is 0 Å². The van der Waals surface area contributed by atoms with E-state index in [2.05, 4.69) is 0 Å². The second-order valence-electron chi connectivity index (χ2n) is 8.46. The van der Waals surface area contributed by atoms with E-state index in [-0.39, 0.29) is 11.5 Å². The lowest BCUT2D eigenvalue weighted by Crippen LogP contribution is -2.29. The molecule has 2 atom stereocenters. The zero-order chi connectivity index (χ0) is 24.5. The Hall–Kier alpha value is -3.67. The van der Waals surface area contributed by atoms with Crippen molar-refractivity contribution in [2.24, 2.45) is 0 Å². The first-order valence-corrected chi connectivity index (χ1v) is 11.8. The van der Waals surface area contributed by atoms with Crippen molar-refractivity contribution in [3.8, 4) is 5.75 Å². The monoisotopic (exact) mass is 469 g/mol.